The molecular formula is C14H13NO3S. The third kappa shape index (κ3) is 2.42. The molecule has 0 bridgehead atoms. The van der Waals surface area contributed by atoms with Crippen LogP contribution in [-0.4, -0.2) is 19.1 Å². The van der Waals surface area contributed by atoms with Gasteiger partial charge in [0, 0.05) is 11.1 Å². The zero-order chi connectivity index (χ0) is 13.2. The van der Waals surface area contributed by atoms with Crippen LogP contribution in [0, 0.1) is 6.92 Å². The summed E-state index contributed by atoms with van der Waals surface area (Å²) in [5.74, 6) is 1.05. The highest BCUT2D eigenvalue weighted by atomic mass is 32.1. The number of hydrogen-bond acceptors (Lipinski definition) is 4. The molecule has 1 aromatic heterocycles. The smallest absolute Gasteiger partial charge is 0.269 e. The molecule has 0 fully saturated rings. The Morgan fingerprint density at radius 2 is 2.16 bits per heavy atom. The average molecular weight is 275 g/mol. The number of amides is 1. The molecule has 0 saturated heterocycles. The number of nitrogens with one attached hydrogen (secondary N) is 1. The van der Waals surface area contributed by atoms with Crippen molar-refractivity contribution in [1.82, 2.24) is 0 Å². The molecule has 0 atom stereocenters. The molecule has 1 aromatic carbocycles. The molecule has 1 amide bonds. The molecular weight excluding hydrogens is 262 g/mol. The van der Waals surface area contributed by atoms with Crippen LogP contribution in [0.4, 0.5) is 5.69 Å². The van der Waals surface area contributed by atoms with Gasteiger partial charge in [0.1, 0.15) is 18.1 Å². The number of benzene rings is 1. The summed E-state index contributed by atoms with van der Waals surface area (Å²) in [6.45, 7) is 3.00. The highest BCUT2D eigenvalue weighted by Crippen LogP contribution is 2.39. The van der Waals surface area contributed by atoms with Crippen molar-refractivity contribution in [3.63, 3.8) is 0 Å². The van der Waals surface area contributed by atoms with Crippen molar-refractivity contribution >= 4 is 22.9 Å². The zero-order valence-electron chi connectivity index (χ0n) is 10.4. The molecule has 0 unspecified atom stereocenters. The maximum Gasteiger partial charge on any atom is 0.269 e. The summed E-state index contributed by atoms with van der Waals surface area (Å²) >= 11 is 1.33. The minimum atomic E-state index is -0.164. The first-order chi connectivity index (χ1) is 9.24. The van der Waals surface area contributed by atoms with Gasteiger partial charge in [-0.2, -0.15) is 0 Å². The third-order valence-corrected chi connectivity index (χ3v) is 3.72. The number of carbonyl (C=O) groups is 1. The van der Waals surface area contributed by atoms with E-state index < -0.39 is 0 Å². The topological polar surface area (TPSA) is 47.6 Å². The summed E-state index contributed by atoms with van der Waals surface area (Å²) in [4.78, 5) is 12.8. The van der Waals surface area contributed by atoms with Crippen LogP contribution in [0.1, 0.15) is 15.2 Å². The number of fused-ring (bicyclic) bond motifs is 1. The van der Waals surface area contributed by atoms with Gasteiger partial charge in [-0.05, 0) is 24.6 Å². The van der Waals surface area contributed by atoms with Crippen molar-refractivity contribution in [1.29, 1.82) is 0 Å². The summed E-state index contributed by atoms with van der Waals surface area (Å²) in [7, 11) is 0. The summed E-state index contributed by atoms with van der Waals surface area (Å²) in [6, 6.07) is 7.69. The Bertz CT molecular complexity index is 621. The number of aryl methyl sites for hydroxylation is 1. The number of rotatable bonds is 2. The molecule has 3 rings (SSSR count). The Kier molecular flexibility index (Phi) is 3.13. The second kappa shape index (κ2) is 4.93. The minimum Gasteiger partial charge on any atom is -0.485 e. The van der Waals surface area contributed by atoms with Gasteiger partial charge in [-0.1, -0.05) is 12.1 Å². The number of carbonyl (C=O) groups excluding carboxylic acids is 1. The summed E-state index contributed by atoms with van der Waals surface area (Å²) < 4.78 is 10.9. The number of anilines is 1. The normalized spacial score (nSPS) is 13.1. The van der Waals surface area contributed by atoms with Crippen LogP contribution in [0.25, 0.3) is 0 Å². The van der Waals surface area contributed by atoms with Crippen LogP contribution in [0.5, 0.6) is 11.5 Å². The first-order valence-electron chi connectivity index (χ1n) is 5.99. The van der Waals surface area contributed by atoms with E-state index in [1.807, 2.05) is 31.2 Å². The largest absolute Gasteiger partial charge is 0.485 e. The van der Waals surface area contributed by atoms with Crippen molar-refractivity contribution < 1.29 is 14.3 Å². The van der Waals surface area contributed by atoms with E-state index in [2.05, 4.69) is 5.32 Å². The summed E-state index contributed by atoms with van der Waals surface area (Å²) in [5.41, 5.74) is 1.88. The SMILES string of the molecule is Cc1cccc(NC(=O)c2scc3c2OCCO3)c1. The fraction of sp³-hybridized carbons (Fsp3) is 0.214. The van der Waals surface area contributed by atoms with E-state index >= 15 is 0 Å². The van der Waals surface area contributed by atoms with Gasteiger partial charge in [-0.3, -0.25) is 4.79 Å². The fourth-order valence-corrected chi connectivity index (χ4v) is 2.75. The number of hydrogen-bond donors (Lipinski definition) is 1. The maximum atomic E-state index is 12.2. The molecule has 5 heteroatoms. The summed E-state index contributed by atoms with van der Waals surface area (Å²) in [5, 5.41) is 4.68. The Morgan fingerprint density at radius 1 is 1.32 bits per heavy atom. The standard InChI is InChI=1S/C14H13NO3S/c1-9-3-2-4-10(7-9)15-14(16)13-12-11(8-19-13)17-5-6-18-12/h2-4,7-8H,5-6H2,1H3,(H,15,16). The lowest BCUT2D eigenvalue weighted by Gasteiger charge is -2.15. The van der Waals surface area contributed by atoms with E-state index in [9.17, 15) is 4.79 Å². The van der Waals surface area contributed by atoms with Crippen LogP contribution in [0.3, 0.4) is 0 Å². The molecule has 2 heterocycles. The molecule has 0 radical (unpaired) electrons. The first kappa shape index (κ1) is 12.0. The lowest BCUT2D eigenvalue weighted by Crippen LogP contribution is -2.17. The van der Waals surface area contributed by atoms with Gasteiger partial charge in [-0.15, -0.1) is 11.3 Å². The Balaban J connectivity index is 1.83. The van der Waals surface area contributed by atoms with Crippen LogP contribution in [0.2, 0.25) is 0 Å². The molecule has 1 aliphatic heterocycles. The molecule has 19 heavy (non-hydrogen) atoms. The van der Waals surface area contributed by atoms with Crippen molar-refractivity contribution in [2.75, 3.05) is 18.5 Å². The zero-order valence-corrected chi connectivity index (χ0v) is 11.3. The quantitative estimate of drug-likeness (QED) is 0.916. The maximum absolute atomic E-state index is 12.2. The molecule has 0 aliphatic carbocycles. The van der Waals surface area contributed by atoms with Gasteiger partial charge in [0.2, 0.25) is 0 Å². The van der Waals surface area contributed by atoms with Gasteiger partial charge < -0.3 is 14.8 Å². The third-order valence-electron chi connectivity index (χ3n) is 2.78. The molecule has 0 spiro atoms. The Morgan fingerprint density at radius 3 is 3.00 bits per heavy atom. The molecule has 0 saturated carbocycles. The van der Waals surface area contributed by atoms with Gasteiger partial charge in [0.05, 0.1) is 0 Å². The minimum absolute atomic E-state index is 0.164. The van der Waals surface area contributed by atoms with Crippen LogP contribution < -0.4 is 14.8 Å². The summed E-state index contributed by atoms with van der Waals surface area (Å²) in [6.07, 6.45) is 0. The van der Waals surface area contributed by atoms with Gasteiger partial charge >= 0.3 is 0 Å². The van der Waals surface area contributed by atoms with E-state index in [0.29, 0.717) is 29.6 Å². The first-order valence-corrected chi connectivity index (χ1v) is 6.87. The lowest BCUT2D eigenvalue weighted by molar-refractivity contribution is 0.102. The van der Waals surface area contributed by atoms with E-state index in [0.717, 1.165) is 11.3 Å². The van der Waals surface area contributed by atoms with Gasteiger partial charge in [0.25, 0.3) is 5.91 Å². The lowest BCUT2D eigenvalue weighted by atomic mass is 10.2. The van der Waals surface area contributed by atoms with E-state index in [1.165, 1.54) is 11.3 Å². The van der Waals surface area contributed by atoms with Crippen LogP contribution in [-0.2, 0) is 0 Å². The van der Waals surface area contributed by atoms with E-state index in [4.69, 9.17) is 9.47 Å². The Labute approximate surface area is 115 Å². The second-order valence-electron chi connectivity index (χ2n) is 4.28. The van der Waals surface area contributed by atoms with Gasteiger partial charge in [0.15, 0.2) is 11.5 Å². The number of thiophene rings is 1. The van der Waals surface area contributed by atoms with Crippen molar-refractivity contribution in [2.24, 2.45) is 0 Å². The Hall–Kier alpha value is -2.01. The predicted molar refractivity (Wildman–Crippen MR) is 74.4 cm³/mol. The monoisotopic (exact) mass is 275 g/mol. The van der Waals surface area contributed by atoms with Crippen molar-refractivity contribution in [3.8, 4) is 11.5 Å². The van der Waals surface area contributed by atoms with Crippen molar-refractivity contribution in [3.05, 3.63) is 40.1 Å². The van der Waals surface area contributed by atoms with Gasteiger partial charge in [-0.25, -0.2) is 0 Å². The molecule has 1 aliphatic rings. The van der Waals surface area contributed by atoms with Crippen LogP contribution in [0.15, 0.2) is 29.6 Å². The molecule has 98 valence electrons. The van der Waals surface area contributed by atoms with E-state index in [1.54, 1.807) is 5.38 Å². The van der Waals surface area contributed by atoms with Crippen molar-refractivity contribution in [2.45, 2.75) is 6.92 Å². The average Bonchev–Trinajstić information content (AvgIpc) is 2.82. The van der Waals surface area contributed by atoms with E-state index in [-0.39, 0.29) is 5.91 Å². The molecule has 1 N–H and O–H groups in total. The number of ether oxygens (including phenoxy) is 2. The second-order valence-corrected chi connectivity index (χ2v) is 5.16. The molecule has 2 aromatic rings. The predicted octanol–water partition coefficient (Wildman–Crippen LogP) is 3.08. The van der Waals surface area contributed by atoms with Crippen LogP contribution >= 0.6 is 11.3 Å². The highest BCUT2D eigenvalue weighted by molar-refractivity contribution is 7.13. The highest BCUT2D eigenvalue weighted by Gasteiger charge is 2.23. The molecule has 4 nitrogen and oxygen atoms in total. The fourth-order valence-electron chi connectivity index (χ4n) is 1.93.